The molecule has 0 radical (unpaired) electrons. The van der Waals surface area contributed by atoms with E-state index in [2.05, 4.69) is 46.0 Å². The van der Waals surface area contributed by atoms with Gasteiger partial charge in [0.2, 0.25) is 0 Å². The number of alkyl carbamates (subject to hydrolysis) is 1. The summed E-state index contributed by atoms with van der Waals surface area (Å²) in [5.41, 5.74) is 12.2. The van der Waals surface area contributed by atoms with Crippen LogP contribution >= 0.6 is 0 Å². The van der Waals surface area contributed by atoms with Crippen LogP contribution in [0.5, 0.6) is 0 Å². The zero-order chi connectivity index (χ0) is 63.0. The van der Waals surface area contributed by atoms with Crippen molar-refractivity contribution in [3.05, 3.63) is 11.6 Å². The van der Waals surface area contributed by atoms with Crippen molar-refractivity contribution in [1.82, 2.24) is 15.1 Å². The third kappa shape index (κ3) is 25.6. The summed E-state index contributed by atoms with van der Waals surface area (Å²) in [6.45, 7) is 33.1. The Morgan fingerprint density at radius 2 is 1.22 bits per heavy atom. The number of Topliss-reactive ketones (excluding diaryl/α,β-unsaturated/α-hetero) is 2. The topological polar surface area (TPSA) is 230 Å². The van der Waals surface area contributed by atoms with Crippen LogP contribution in [0.15, 0.2) is 11.6 Å². The average molecular weight is 1200 g/mol. The maximum atomic E-state index is 14.3. The van der Waals surface area contributed by atoms with E-state index in [-0.39, 0.29) is 63.1 Å². The second-order valence-corrected chi connectivity index (χ2v) is 29.1. The maximum Gasteiger partial charge on any atom is 0.410 e. The molecule has 0 aromatic heterocycles. The van der Waals surface area contributed by atoms with Crippen LogP contribution < -0.4 is 16.8 Å². The molecule has 3 amide bonds. The van der Waals surface area contributed by atoms with Crippen molar-refractivity contribution in [2.45, 2.75) is 235 Å². The van der Waals surface area contributed by atoms with E-state index in [1.165, 1.54) is 56.3 Å². The second kappa shape index (κ2) is 35.7. The quantitative estimate of drug-likeness (QED) is 0.0226. The molecule has 18 heteroatoms. The lowest BCUT2D eigenvalue weighted by atomic mass is 9.47. The molecule has 0 aliphatic heterocycles. The fourth-order valence-corrected chi connectivity index (χ4v) is 14.1. The van der Waals surface area contributed by atoms with Crippen molar-refractivity contribution in [2.24, 2.45) is 63.7 Å². The number of carbonyl (C=O) groups is 5. The van der Waals surface area contributed by atoms with Gasteiger partial charge in [-0.2, -0.15) is 0 Å². The first-order valence-corrected chi connectivity index (χ1v) is 33.0. The molecule has 85 heavy (non-hydrogen) atoms. The van der Waals surface area contributed by atoms with E-state index in [0.29, 0.717) is 96.9 Å². The number of nitrogens with zero attached hydrogens (tertiary/aromatic N) is 2. The van der Waals surface area contributed by atoms with Gasteiger partial charge in [-0.3, -0.25) is 9.59 Å². The largest absolute Gasteiger partial charge is 0.444 e. The van der Waals surface area contributed by atoms with Crippen molar-refractivity contribution < 1.29 is 61.9 Å². The molecule has 0 saturated heterocycles. The normalized spacial score (nSPS) is 24.3. The van der Waals surface area contributed by atoms with Gasteiger partial charge in [0.15, 0.2) is 5.78 Å². The Morgan fingerprint density at radius 1 is 0.647 bits per heavy atom. The molecule has 3 fully saturated rings. The van der Waals surface area contributed by atoms with E-state index < -0.39 is 52.8 Å². The summed E-state index contributed by atoms with van der Waals surface area (Å²) in [5, 5.41) is 2.74. The van der Waals surface area contributed by atoms with Gasteiger partial charge in [-0.05, 0) is 192 Å². The van der Waals surface area contributed by atoms with Gasteiger partial charge in [-0.1, -0.05) is 65.5 Å². The Labute approximate surface area is 514 Å². The Morgan fingerprint density at radius 3 is 1.81 bits per heavy atom. The molecule has 0 aromatic rings. The molecule has 4 aliphatic rings. The summed E-state index contributed by atoms with van der Waals surface area (Å²) in [4.78, 5) is 70.8. The van der Waals surface area contributed by atoms with Crippen LogP contribution in [-0.2, 0) is 47.5 Å². The summed E-state index contributed by atoms with van der Waals surface area (Å²) in [7, 11) is 0. The van der Waals surface area contributed by atoms with Crippen molar-refractivity contribution in [3.8, 4) is 0 Å². The highest BCUT2D eigenvalue weighted by atomic mass is 16.6. The van der Waals surface area contributed by atoms with E-state index in [9.17, 15) is 24.0 Å². The molecule has 0 aromatic carbocycles. The molecule has 18 nitrogen and oxygen atoms in total. The predicted molar refractivity (Wildman–Crippen MR) is 334 cm³/mol. The summed E-state index contributed by atoms with van der Waals surface area (Å²) in [6.07, 6.45) is 17.1. The van der Waals surface area contributed by atoms with E-state index in [1.807, 2.05) is 0 Å². The highest BCUT2D eigenvalue weighted by molar-refractivity contribution is 6.04. The van der Waals surface area contributed by atoms with Crippen molar-refractivity contribution in [3.63, 3.8) is 0 Å². The second-order valence-electron chi connectivity index (χ2n) is 29.1. The van der Waals surface area contributed by atoms with E-state index in [4.69, 9.17) is 49.4 Å². The SMILES string of the molecule is CC(C)CCC[C@@H](C)[C@H]1CCC2C3CC=C4CC(OCCCC(=O)C(COCCOCCOCCOCCN)C(=O)C(N)CCN(CCCCN(CCCNC(=O)OC(C)(C)C)C(=O)OC(C)(C)C)C(=O)OC(C)(C)C)CC[C@]4(C)C3CC[C@@]21C. The molecular formula is C67H121N5O13. The van der Waals surface area contributed by atoms with Gasteiger partial charge in [0.1, 0.15) is 28.5 Å². The number of ketones is 2. The molecule has 0 spiro atoms. The number of allylic oxidation sites excluding steroid dienone is 1. The highest BCUT2D eigenvalue weighted by Crippen LogP contribution is 2.67. The molecule has 10 atom stereocenters. The van der Waals surface area contributed by atoms with Crippen LogP contribution in [0, 0.1) is 52.3 Å². The summed E-state index contributed by atoms with van der Waals surface area (Å²) in [5.74, 6) is 2.92. The number of fused-ring (bicyclic) bond motifs is 5. The zero-order valence-electron chi connectivity index (χ0n) is 55.8. The average Bonchev–Trinajstić information content (AvgIpc) is 1.74. The minimum Gasteiger partial charge on any atom is -0.444 e. The van der Waals surface area contributed by atoms with Gasteiger partial charge in [-0.15, -0.1) is 0 Å². The first-order chi connectivity index (χ1) is 40.0. The smallest absolute Gasteiger partial charge is 0.410 e. The molecule has 492 valence electrons. The number of nitrogens with two attached hydrogens (primary N) is 2. The first kappa shape index (κ1) is 74.1. The minimum absolute atomic E-state index is 0.0797. The van der Waals surface area contributed by atoms with Crippen LogP contribution in [0.4, 0.5) is 14.4 Å². The molecule has 0 heterocycles. The Bertz CT molecular complexity index is 2050. The lowest BCUT2D eigenvalue weighted by Crippen LogP contribution is -2.51. The van der Waals surface area contributed by atoms with Gasteiger partial charge < -0.3 is 64.5 Å². The number of nitrogens with one attached hydrogen (secondary N) is 1. The first-order valence-electron chi connectivity index (χ1n) is 33.0. The van der Waals surface area contributed by atoms with Crippen LogP contribution in [0.25, 0.3) is 0 Å². The Hall–Kier alpha value is -3.39. The molecule has 0 bridgehead atoms. The number of carbonyl (C=O) groups excluding carboxylic acids is 5. The number of amides is 3. The third-order valence-corrected chi connectivity index (χ3v) is 18.3. The molecule has 4 rings (SSSR count). The lowest BCUT2D eigenvalue weighted by molar-refractivity contribution is -0.137. The zero-order valence-corrected chi connectivity index (χ0v) is 55.8. The number of ether oxygens (including phenoxy) is 8. The highest BCUT2D eigenvalue weighted by Gasteiger charge is 2.59. The van der Waals surface area contributed by atoms with E-state index >= 15 is 0 Å². The summed E-state index contributed by atoms with van der Waals surface area (Å²) in [6, 6.07) is -1.08. The standard InChI is InChI=1S/C67H121N5O13/c1-48(2)20-17-21-49(3)54-25-26-55-52-24-23-50-46-51(27-30-66(50,13)56(52)28-31-67(54,55)14)82-38-18-22-58(73)53(47-81-45-44-80-43-42-79-41-40-78-39-32-68)59(74)57(69)29-37-72(62(77)85-65(10,11)12)35-16-15-34-71(61(76)84-64(7,8)9)36-19-33-70-60(75)83-63(4,5)6/h23,48-49,51-57H,15-22,24-47,68-69H2,1-14H3,(H,70,75)/t49-,51?,52?,53?,54-,55?,56?,57?,66+,67-/m1/s1. The van der Waals surface area contributed by atoms with Crippen molar-refractivity contribution >= 4 is 29.8 Å². The fraction of sp³-hybridized carbons (Fsp3) is 0.896. The minimum atomic E-state index is -1.11. The monoisotopic (exact) mass is 1200 g/mol. The molecule has 6 unspecified atom stereocenters. The Balaban J connectivity index is 1.34. The molecule has 5 N–H and O–H groups in total. The van der Waals surface area contributed by atoms with E-state index in [0.717, 1.165) is 54.8 Å². The van der Waals surface area contributed by atoms with E-state index in [1.54, 1.807) is 72.8 Å². The van der Waals surface area contributed by atoms with Gasteiger partial charge in [0.05, 0.1) is 65.0 Å². The van der Waals surface area contributed by atoms with Gasteiger partial charge >= 0.3 is 18.3 Å². The molecular weight excluding hydrogens is 1080 g/mol. The fourth-order valence-electron chi connectivity index (χ4n) is 14.1. The molecule has 4 aliphatic carbocycles. The molecule has 3 saturated carbocycles. The third-order valence-electron chi connectivity index (χ3n) is 18.3. The lowest BCUT2D eigenvalue weighted by Gasteiger charge is -2.58. The number of hydrogen-bond acceptors (Lipinski definition) is 15. The van der Waals surface area contributed by atoms with Gasteiger partial charge in [0, 0.05) is 52.3 Å². The predicted octanol–water partition coefficient (Wildman–Crippen LogP) is 11.9. The number of unbranched alkanes of at least 4 members (excludes halogenated alkanes) is 1. The van der Waals surface area contributed by atoms with Crippen LogP contribution in [0.1, 0.15) is 206 Å². The number of hydrogen-bond donors (Lipinski definition) is 3. The summed E-state index contributed by atoms with van der Waals surface area (Å²) >= 11 is 0. The Kier molecular flexibility index (Phi) is 31.1. The van der Waals surface area contributed by atoms with Gasteiger partial charge in [0.25, 0.3) is 0 Å². The van der Waals surface area contributed by atoms with Crippen LogP contribution in [-0.4, -0.2) is 167 Å². The van der Waals surface area contributed by atoms with Crippen molar-refractivity contribution in [1.29, 1.82) is 0 Å². The maximum absolute atomic E-state index is 14.3. The van der Waals surface area contributed by atoms with Crippen LogP contribution in [0.2, 0.25) is 0 Å². The summed E-state index contributed by atoms with van der Waals surface area (Å²) < 4.78 is 45.9. The van der Waals surface area contributed by atoms with Gasteiger partial charge in [-0.25, -0.2) is 14.4 Å². The van der Waals surface area contributed by atoms with Crippen molar-refractivity contribution in [2.75, 3.05) is 98.7 Å². The number of rotatable bonds is 38. The van der Waals surface area contributed by atoms with Crippen LogP contribution in [0.3, 0.4) is 0 Å².